The van der Waals surface area contributed by atoms with Gasteiger partial charge in [0.25, 0.3) is 0 Å². The Balaban J connectivity index is 0.00000208. The summed E-state index contributed by atoms with van der Waals surface area (Å²) < 4.78 is 5.38. The Morgan fingerprint density at radius 3 is 2.71 bits per heavy atom. The maximum absolute atomic E-state index is 6.17. The molecule has 0 bridgehead atoms. The Hall–Kier alpha value is -1.02. The zero-order valence-corrected chi connectivity index (χ0v) is 17.0. The first-order valence-electron chi connectivity index (χ1n) is 8.60. The highest BCUT2D eigenvalue weighted by atomic mass is 127. The van der Waals surface area contributed by atoms with Gasteiger partial charge in [0.2, 0.25) is 0 Å². The second-order valence-corrected chi connectivity index (χ2v) is 6.58. The summed E-state index contributed by atoms with van der Waals surface area (Å²) in [5, 5.41) is 0. The van der Waals surface area contributed by atoms with Gasteiger partial charge in [-0.15, -0.1) is 24.0 Å². The van der Waals surface area contributed by atoms with Gasteiger partial charge >= 0.3 is 0 Å². The average molecular weight is 444 g/mol. The van der Waals surface area contributed by atoms with E-state index in [1.165, 1.54) is 31.2 Å². The summed E-state index contributed by atoms with van der Waals surface area (Å²) in [6.07, 6.45) is 5.00. The highest BCUT2D eigenvalue weighted by Crippen LogP contribution is 2.28. The number of nitrogens with two attached hydrogens (primary N) is 1. The minimum absolute atomic E-state index is 0. The summed E-state index contributed by atoms with van der Waals surface area (Å²) in [5.41, 5.74) is 7.43. The van der Waals surface area contributed by atoms with Gasteiger partial charge in [0.05, 0.1) is 19.7 Å². The Morgan fingerprint density at radius 2 is 2.08 bits per heavy atom. The molecule has 0 aromatic heterocycles. The fraction of sp³-hybridized carbons (Fsp3) is 0.611. The molecular weight excluding hydrogens is 415 g/mol. The third-order valence-corrected chi connectivity index (χ3v) is 4.94. The molecular formula is C18H29IN4O. The van der Waals surface area contributed by atoms with E-state index in [1.807, 2.05) is 13.1 Å². The van der Waals surface area contributed by atoms with E-state index >= 15 is 0 Å². The number of nitrogens with zero attached hydrogens (tertiary/aromatic N) is 3. The molecule has 1 aromatic rings. The lowest BCUT2D eigenvalue weighted by atomic mass is 10.1. The van der Waals surface area contributed by atoms with Crippen molar-refractivity contribution in [2.45, 2.75) is 37.8 Å². The van der Waals surface area contributed by atoms with Gasteiger partial charge in [-0.1, -0.05) is 12.1 Å². The van der Waals surface area contributed by atoms with Gasteiger partial charge < -0.3 is 15.4 Å². The molecule has 24 heavy (non-hydrogen) atoms. The Bertz CT molecular complexity index is 556. The molecule has 1 unspecified atom stereocenters. The molecule has 3 rings (SSSR count). The molecule has 6 heteroatoms. The van der Waals surface area contributed by atoms with E-state index in [2.05, 4.69) is 28.0 Å². The molecule has 0 amide bonds. The lowest BCUT2D eigenvalue weighted by molar-refractivity contribution is 0.250. The molecule has 2 fully saturated rings. The molecule has 5 nitrogen and oxygen atoms in total. The van der Waals surface area contributed by atoms with Crippen LogP contribution in [0, 0.1) is 0 Å². The quantitative estimate of drug-likeness (QED) is 0.417. The molecule has 1 aromatic carbocycles. The predicted octanol–water partition coefficient (Wildman–Crippen LogP) is 2.86. The maximum atomic E-state index is 6.17. The topological polar surface area (TPSA) is 54.1 Å². The summed E-state index contributed by atoms with van der Waals surface area (Å²) in [4.78, 5) is 9.33. The maximum Gasteiger partial charge on any atom is 0.191 e. The summed E-state index contributed by atoms with van der Waals surface area (Å²) in [6, 6.07) is 9.21. The normalized spacial score (nSPS) is 19.7. The number of guanidine groups is 1. The molecule has 1 heterocycles. The van der Waals surface area contributed by atoms with Crippen LogP contribution in [0.4, 0.5) is 0 Å². The summed E-state index contributed by atoms with van der Waals surface area (Å²) in [7, 11) is 3.76. The smallest absolute Gasteiger partial charge is 0.191 e. The molecule has 2 aliphatic rings. The zero-order valence-electron chi connectivity index (χ0n) is 14.6. The molecule has 1 aliphatic carbocycles. The van der Waals surface area contributed by atoms with Gasteiger partial charge in [-0.25, -0.2) is 0 Å². The van der Waals surface area contributed by atoms with Crippen molar-refractivity contribution in [1.82, 2.24) is 9.80 Å². The number of hydrogen-bond acceptors (Lipinski definition) is 3. The second-order valence-electron chi connectivity index (χ2n) is 6.58. The highest BCUT2D eigenvalue weighted by molar-refractivity contribution is 14.0. The number of rotatable bonds is 6. The second kappa shape index (κ2) is 8.89. The van der Waals surface area contributed by atoms with Crippen LogP contribution < -0.4 is 10.5 Å². The van der Waals surface area contributed by atoms with Crippen LogP contribution in [0.2, 0.25) is 0 Å². The van der Waals surface area contributed by atoms with Crippen LogP contribution in [0.3, 0.4) is 0 Å². The summed E-state index contributed by atoms with van der Waals surface area (Å²) >= 11 is 0. The number of aliphatic imine (C=N–C) groups is 1. The van der Waals surface area contributed by atoms with Crippen molar-refractivity contribution in [2.24, 2.45) is 10.7 Å². The van der Waals surface area contributed by atoms with Crippen molar-refractivity contribution >= 4 is 29.9 Å². The number of benzene rings is 1. The predicted molar refractivity (Wildman–Crippen MR) is 109 cm³/mol. The lowest BCUT2D eigenvalue weighted by Crippen LogP contribution is -2.37. The van der Waals surface area contributed by atoms with Gasteiger partial charge in [-0.05, 0) is 56.5 Å². The molecule has 0 spiro atoms. The number of methoxy groups -OCH3 is 1. The van der Waals surface area contributed by atoms with E-state index in [0.717, 1.165) is 18.8 Å². The van der Waals surface area contributed by atoms with E-state index in [-0.39, 0.29) is 30.0 Å². The first kappa shape index (κ1) is 19.3. The van der Waals surface area contributed by atoms with Crippen molar-refractivity contribution in [3.05, 3.63) is 29.8 Å². The molecule has 1 saturated carbocycles. The summed E-state index contributed by atoms with van der Waals surface area (Å²) in [6.45, 7) is 2.97. The highest BCUT2D eigenvalue weighted by Gasteiger charge is 2.28. The van der Waals surface area contributed by atoms with Crippen molar-refractivity contribution in [1.29, 1.82) is 0 Å². The van der Waals surface area contributed by atoms with Gasteiger partial charge in [-0.3, -0.25) is 9.89 Å². The number of halogens is 1. The van der Waals surface area contributed by atoms with E-state index in [9.17, 15) is 0 Å². The van der Waals surface area contributed by atoms with Crippen LogP contribution >= 0.6 is 24.0 Å². The van der Waals surface area contributed by atoms with Gasteiger partial charge in [0, 0.05) is 13.1 Å². The number of hydrogen-bond donors (Lipinski definition) is 1. The number of likely N-dealkylation sites (tertiary alicyclic amines) is 1. The van der Waals surface area contributed by atoms with Crippen molar-refractivity contribution in [3.8, 4) is 5.75 Å². The largest absolute Gasteiger partial charge is 0.497 e. The molecule has 1 atom stereocenters. The molecule has 0 radical (unpaired) electrons. The third kappa shape index (κ3) is 4.75. The molecule has 2 N–H and O–H groups in total. The Morgan fingerprint density at radius 1 is 1.38 bits per heavy atom. The van der Waals surface area contributed by atoms with Crippen molar-refractivity contribution in [3.63, 3.8) is 0 Å². The van der Waals surface area contributed by atoms with Gasteiger partial charge in [0.15, 0.2) is 5.96 Å². The Labute approximate surface area is 162 Å². The molecule has 134 valence electrons. The van der Waals surface area contributed by atoms with Crippen LogP contribution in [0.25, 0.3) is 0 Å². The first-order valence-corrected chi connectivity index (χ1v) is 8.60. The minimum Gasteiger partial charge on any atom is -0.497 e. The van der Waals surface area contributed by atoms with Crippen LogP contribution in [0.1, 0.15) is 37.3 Å². The van der Waals surface area contributed by atoms with E-state index < -0.39 is 0 Å². The van der Waals surface area contributed by atoms with E-state index in [4.69, 9.17) is 15.5 Å². The van der Waals surface area contributed by atoms with Crippen LogP contribution in [-0.4, -0.2) is 55.6 Å². The summed E-state index contributed by atoms with van der Waals surface area (Å²) in [5.74, 6) is 1.57. The zero-order chi connectivity index (χ0) is 16.2. The van der Waals surface area contributed by atoms with Crippen LogP contribution in [0.5, 0.6) is 5.75 Å². The van der Waals surface area contributed by atoms with Crippen molar-refractivity contribution < 1.29 is 4.74 Å². The fourth-order valence-corrected chi connectivity index (χ4v) is 3.27. The molecule has 1 aliphatic heterocycles. The van der Waals surface area contributed by atoms with Crippen LogP contribution in [-0.2, 0) is 0 Å². The van der Waals surface area contributed by atoms with E-state index in [1.54, 1.807) is 7.11 Å². The van der Waals surface area contributed by atoms with E-state index in [0.29, 0.717) is 18.5 Å². The SMILES string of the molecule is COc1cccc(C(CN=C(N)N(C)C2CC2)N2CCCC2)c1.I. The van der Waals surface area contributed by atoms with Gasteiger partial charge in [0.1, 0.15) is 5.75 Å². The number of ether oxygens (including phenoxy) is 1. The third-order valence-electron chi connectivity index (χ3n) is 4.94. The monoisotopic (exact) mass is 444 g/mol. The Kier molecular flexibility index (Phi) is 7.16. The standard InChI is InChI=1S/C18H28N4O.HI/c1-21(15-8-9-15)18(19)20-13-17(22-10-3-4-11-22)14-6-5-7-16(12-14)23-2;/h5-7,12,15,17H,3-4,8-11,13H2,1-2H3,(H2,19,20);1H. The molecule has 1 saturated heterocycles. The van der Waals surface area contributed by atoms with Crippen LogP contribution in [0.15, 0.2) is 29.3 Å². The van der Waals surface area contributed by atoms with Crippen molar-refractivity contribution in [2.75, 3.05) is 33.8 Å². The first-order chi connectivity index (χ1) is 11.2. The van der Waals surface area contributed by atoms with Gasteiger partial charge in [-0.2, -0.15) is 0 Å². The lowest BCUT2D eigenvalue weighted by Gasteiger charge is -2.27. The average Bonchev–Trinajstić information content (AvgIpc) is 3.30. The fourth-order valence-electron chi connectivity index (χ4n) is 3.27. The minimum atomic E-state index is 0.